The summed E-state index contributed by atoms with van der Waals surface area (Å²) >= 11 is 0. The molecular weight excluding hydrogens is 385 g/mol. The lowest BCUT2D eigenvalue weighted by Crippen LogP contribution is -2.42. The highest BCUT2D eigenvalue weighted by molar-refractivity contribution is 7.92. The Morgan fingerprint density at radius 2 is 1.68 bits per heavy atom. The molecule has 0 spiro atoms. The first-order chi connectivity index (χ1) is 13.4. The van der Waals surface area contributed by atoms with Crippen molar-refractivity contribution in [3.8, 4) is 11.5 Å². The van der Waals surface area contributed by atoms with E-state index in [1.165, 1.54) is 26.4 Å². The number of halogens is 1. The third-order valence-electron chi connectivity index (χ3n) is 4.94. The zero-order valence-electron chi connectivity index (χ0n) is 15.7. The second kappa shape index (κ2) is 8.18. The van der Waals surface area contributed by atoms with Crippen LogP contribution < -0.4 is 9.47 Å². The quantitative estimate of drug-likeness (QED) is 0.713. The number of para-hydroxylation sites is 1. The molecule has 0 unspecified atom stereocenters. The molecule has 1 aliphatic heterocycles. The van der Waals surface area contributed by atoms with E-state index in [9.17, 15) is 17.6 Å². The maximum Gasteiger partial charge on any atom is 0.257 e. The molecule has 1 heterocycles. The minimum Gasteiger partial charge on any atom is -0.493 e. The van der Waals surface area contributed by atoms with Crippen molar-refractivity contribution in [2.75, 3.05) is 27.3 Å². The van der Waals surface area contributed by atoms with Gasteiger partial charge in [0, 0.05) is 13.1 Å². The van der Waals surface area contributed by atoms with Crippen LogP contribution in [0.4, 0.5) is 4.39 Å². The lowest BCUT2D eigenvalue weighted by atomic mass is 10.1. The fourth-order valence-electron chi connectivity index (χ4n) is 3.41. The number of likely N-dealkylation sites (tertiary alicyclic amines) is 1. The van der Waals surface area contributed by atoms with Gasteiger partial charge in [-0.1, -0.05) is 6.07 Å². The van der Waals surface area contributed by atoms with Gasteiger partial charge in [0.1, 0.15) is 5.82 Å². The largest absolute Gasteiger partial charge is 0.493 e. The van der Waals surface area contributed by atoms with E-state index in [0.29, 0.717) is 43.0 Å². The average molecular weight is 407 g/mol. The van der Waals surface area contributed by atoms with Crippen LogP contribution in [0.3, 0.4) is 0 Å². The van der Waals surface area contributed by atoms with E-state index in [-0.39, 0.29) is 10.8 Å². The molecule has 0 saturated carbocycles. The lowest BCUT2D eigenvalue weighted by molar-refractivity contribution is 0.0721. The van der Waals surface area contributed by atoms with Gasteiger partial charge in [0.05, 0.1) is 29.9 Å². The van der Waals surface area contributed by atoms with Crippen molar-refractivity contribution in [1.29, 1.82) is 0 Å². The zero-order chi connectivity index (χ0) is 20.3. The van der Waals surface area contributed by atoms with Crippen LogP contribution >= 0.6 is 0 Å². The van der Waals surface area contributed by atoms with Crippen molar-refractivity contribution in [2.45, 2.75) is 23.0 Å². The number of methoxy groups -OCH3 is 2. The van der Waals surface area contributed by atoms with E-state index in [1.807, 2.05) is 0 Å². The molecule has 2 aromatic carbocycles. The molecule has 1 saturated heterocycles. The molecule has 150 valence electrons. The summed E-state index contributed by atoms with van der Waals surface area (Å²) < 4.78 is 49.2. The summed E-state index contributed by atoms with van der Waals surface area (Å²) in [6, 6.07) is 9.91. The molecule has 1 amide bonds. The van der Waals surface area contributed by atoms with Crippen molar-refractivity contribution in [3.63, 3.8) is 0 Å². The van der Waals surface area contributed by atoms with E-state index in [2.05, 4.69) is 0 Å². The molecule has 2 aromatic rings. The normalized spacial score (nSPS) is 15.3. The smallest absolute Gasteiger partial charge is 0.257 e. The first kappa shape index (κ1) is 20.1. The Morgan fingerprint density at radius 1 is 1.04 bits per heavy atom. The molecule has 0 aliphatic carbocycles. The monoisotopic (exact) mass is 407 g/mol. The van der Waals surface area contributed by atoms with Crippen molar-refractivity contribution in [3.05, 3.63) is 53.8 Å². The van der Waals surface area contributed by atoms with Gasteiger partial charge in [-0.05, 0) is 49.2 Å². The SMILES string of the molecule is COc1cccc(C(=O)N2CCC(S(=O)(=O)c3ccc(F)cc3)CC2)c1OC. The van der Waals surface area contributed by atoms with Gasteiger partial charge < -0.3 is 14.4 Å². The molecule has 28 heavy (non-hydrogen) atoms. The summed E-state index contributed by atoms with van der Waals surface area (Å²) in [5.74, 6) is 0.109. The van der Waals surface area contributed by atoms with Crippen LogP contribution in [0, 0.1) is 5.82 Å². The van der Waals surface area contributed by atoms with Gasteiger partial charge >= 0.3 is 0 Å². The minimum absolute atomic E-state index is 0.105. The Balaban J connectivity index is 1.74. The Hall–Kier alpha value is -2.61. The molecule has 0 N–H and O–H groups in total. The third kappa shape index (κ3) is 3.82. The Morgan fingerprint density at radius 3 is 2.25 bits per heavy atom. The van der Waals surface area contributed by atoms with Crippen LogP contribution in [0.2, 0.25) is 0 Å². The molecule has 1 aliphatic rings. The summed E-state index contributed by atoms with van der Waals surface area (Å²) in [5, 5.41) is -0.603. The van der Waals surface area contributed by atoms with Gasteiger partial charge in [-0.3, -0.25) is 4.79 Å². The van der Waals surface area contributed by atoms with Gasteiger partial charge in [0.2, 0.25) is 0 Å². The van der Waals surface area contributed by atoms with E-state index in [1.54, 1.807) is 23.1 Å². The molecule has 1 fully saturated rings. The highest BCUT2D eigenvalue weighted by Crippen LogP contribution is 2.32. The fraction of sp³-hybridized carbons (Fsp3) is 0.350. The molecule has 0 aromatic heterocycles. The third-order valence-corrected chi connectivity index (χ3v) is 7.22. The first-order valence-electron chi connectivity index (χ1n) is 8.88. The van der Waals surface area contributed by atoms with E-state index in [0.717, 1.165) is 12.1 Å². The van der Waals surface area contributed by atoms with Crippen LogP contribution in [-0.4, -0.2) is 51.8 Å². The number of piperidine rings is 1. The molecular formula is C20H22FNO5S. The van der Waals surface area contributed by atoms with E-state index >= 15 is 0 Å². The predicted molar refractivity (Wildman–Crippen MR) is 102 cm³/mol. The van der Waals surface area contributed by atoms with Gasteiger partial charge in [-0.15, -0.1) is 0 Å². The van der Waals surface area contributed by atoms with Crippen molar-refractivity contribution >= 4 is 15.7 Å². The number of rotatable bonds is 5. The summed E-state index contributed by atoms with van der Waals surface area (Å²) in [6.45, 7) is 0.620. The number of carbonyl (C=O) groups excluding carboxylic acids is 1. The Bertz CT molecular complexity index is 951. The zero-order valence-corrected chi connectivity index (χ0v) is 16.5. The van der Waals surface area contributed by atoms with Gasteiger partial charge in [0.15, 0.2) is 21.3 Å². The van der Waals surface area contributed by atoms with Gasteiger partial charge in [-0.2, -0.15) is 0 Å². The average Bonchev–Trinajstić information content (AvgIpc) is 2.73. The minimum atomic E-state index is -3.57. The number of sulfone groups is 1. The number of hydrogen-bond acceptors (Lipinski definition) is 5. The van der Waals surface area contributed by atoms with Crippen LogP contribution in [0.25, 0.3) is 0 Å². The van der Waals surface area contributed by atoms with Crippen molar-refractivity contribution in [2.24, 2.45) is 0 Å². The molecule has 8 heteroatoms. The van der Waals surface area contributed by atoms with Crippen LogP contribution in [0.15, 0.2) is 47.4 Å². The van der Waals surface area contributed by atoms with Crippen LogP contribution in [0.5, 0.6) is 11.5 Å². The molecule has 0 bridgehead atoms. The van der Waals surface area contributed by atoms with Crippen LogP contribution in [-0.2, 0) is 9.84 Å². The number of ether oxygens (including phenoxy) is 2. The molecule has 3 rings (SSSR count). The molecule has 6 nitrogen and oxygen atoms in total. The second-order valence-corrected chi connectivity index (χ2v) is 8.76. The van der Waals surface area contributed by atoms with Crippen LogP contribution in [0.1, 0.15) is 23.2 Å². The van der Waals surface area contributed by atoms with E-state index < -0.39 is 20.9 Å². The first-order valence-corrected chi connectivity index (χ1v) is 10.4. The van der Waals surface area contributed by atoms with Gasteiger partial charge in [-0.25, -0.2) is 12.8 Å². The van der Waals surface area contributed by atoms with Gasteiger partial charge in [0.25, 0.3) is 5.91 Å². The van der Waals surface area contributed by atoms with Crippen molar-refractivity contribution in [1.82, 2.24) is 4.90 Å². The summed E-state index contributed by atoms with van der Waals surface area (Å²) in [6.07, 6.45) is 0.634. The number of hydrogen-bond donors (Lipinski definition) is 0. The highest BCUT2D eigenvalue weighted by Gasteiger charge is 2.33. The number of benzene rings is 2. The maximum absolute atomic E-state index is 13.1. The fourth-order valence-corrected chi connectivity index (χ4v) is 5.14. The number of nitrogens with zero attached hydrogens (tertiary/aromatic N) is 1. The second-order valence-electron chi connectivity index (χ2n) is 6.53. The summed E-state index contributed by atoms with van der Waals surface area (Å²) in [7, 11) is -0.599. The Kier molecular flexibility index (Phi) is 5.88. The number of amides is 1. The highest BCUT2D eigenvalue weighted by atomic mass is 32.2. The topological polar surface area (TPSA) is 72.9 Å². The standard InChI is InChI=1S/C20H22FNO5S/c1-26-18-5-3-4-17(19(18)27-2)20(23)22-12-10-16(11-13-22)28(24,25)15-8-6-14(21)7-9-15/h3-9,16H,10-13H2,1-2H3. The number of carbonyl (C=O) groups is 1. The molecule has 0 radical (unpaired) electrons. The maximum atomic E-state index is 13.1. The lowest BCUT2D eigenvalue weighted by Gasteiger charge is -2.32. The summed E-state index contributed by atoms with van der Waals surface area (Å²) in [4.78, 5) is 14.6. The van der Waals surface area contributed by atoms with E-state index in [4.69, 9.17) is 9.47 Å². The summed E-state index contributed by atoms with van der Waals surface area (Å²) in [5.41, 5.74) is 0.377. The van der Waals surface area contributed by atoms with Crippen molar-refractivity contribution < 1.29 is 27.1 Å². The predicted octanol–water partition coefficient (Wildman–Crippen LogP) is 2.92. The Labute approximate surface area is 163 Å². The molecule has 0 atom stereocenters.